The molecule has 0 N–H and O–H groups in total. The molecule has 8 unspecified atom stereocenters. The summed E-state index contributed by atoms with van der Waals surface area (Å²) in [6.45, 7) is 0. The van der Waals surface area contributed by atoms with E-state index >= 15 is 0 Å². The van der Waals surface area contributed by atoms with Crippen LogP contribution in [0, 0.1) is 0 Å². The van der Waals surface area contributed by atoms with Crippen molar-refractivity contribution in [3.05, 3.63) is 0 Å². The van der Waals surface area contributed by atoms with Crippen molar-refractivity contribution >= 4 is 0 Å². The molecule has 24 heavy (non-hydrogen) atoms. The lowest BCUT2D eigenvalue weighted by molar-refractivity contribution is -0.0885. The topological polar surface area (TPSA) is 36.9 Å². The Hall–Kier alpha value is -0.160. The van der Waals surface area contributed by atoms with E-state index in [1.54, 1.807) is 0 Å². The van der Waals surface area contributed by atoms with E-state index in [0.29, 0.717) is 48.8 Å². The van der Waals surface area contributed by atoms with Gasteiger partial charge in [-0.1, -0.05) is 0 Å². The molecule has 0 aromatic carbocycles. The molecule has 5 rings (SSSR count). The van der Waals surface area contributed by atoms with Crippen LogP contribution >= 0.6 is 0 Å². The van der Waals surface area contributed by atoms with Gasteiger partial charge in [0.2, 0.25) is 0 Å². The van der Waals surface area contributed by atoms with Gasteiger partial charge in [-0.15, -0.1) is 0 Å². The number of ether oxygens (including phenoxy) is 4. The number of hydrogen-bond donors (Lipinski definition) is 0. The third-order valence-corrected chi connectivity index (χ3v) is 7.01. The van der Waals surface area contributed by atoms with Crippen molar-refractivity contribution < 1.29 is 18.9 Å². The van der Waals surface area contributed by atoms with Gasteiger partial charge in [0, 0.05) is 0 Å². The molecule has 8 atom stereocenters. The first-order valence-electron chi connectivity index (χ1n) is 10.5. The first kappa shape index (κ1) is 16.0. The Morgan fingerprint density at radius 2 is 0.500 bits per heavy atom. The van der Waals surface area contributed by atoms with Gasteiger partial charge in [-0.3, -0.25) is 0 Å². The third-order valence-electron chi connectivity index (χ3n) is 7.01. The predicted octanol–water partition coefficient (Wildman–Crippen LogP) is 3.75. The summed E-state index contributed by atoms with van der Waals surface area (Å²) in [6, 6.07) is 0. The fourth-order valence-electron chi connectivity index (χ4n) is 5.62. The van der Waals surface area contributed by atoms with Gasteiger partial charge in [0.1, 0.15) is 0 Å². The van der Waals surface area contributed by atoms with Crippen molar-refractivity contribution in [1.82, 2.24) is 0 Å². The van der Waals surface area contributed by atoms with E-state index in [1.165, 1.54) is 51.4 Å². The lowest BCUT2D eigenvalue weighted by atomic mass is 10.0. The molecular weight excluding hydrogens is 304 g/mol. The summed E-state index contributed by atoms with van der Waals surface area (Å²) in [7, 11) is 0. The maximum Gasteiger partial charge on any atom is 0.0841 e. The highest BCUT2D eigenvalue weighted by Crippen LogP contribution is 2.38. The molecule has 4 nitrogen and oxygen atoms in total. The van der Waals surface area contributed by atoms with Crippen molar-refractivity contribution in [2.75, 3.05) is 0 Å². The minimum absolute atomic E-state index is 0.345. The van der Waals surface area contributed by atoms with Gasteiger partial charge in [-0.25, -0.2) is 0 Å². The summed E-state index contributed by atoms with van der Waals surface area (Å²) in [5.41, 5.74) is 0. The molecule has 8 bridgehead atoms. The summed E-state index contributed by atoms with van der Waals surface area (Å²) >= 11 is 0. The van der Waals surface area contributed by atoms with Crippen LogP contribution < -0.4 is 0 Å². The second-order valence-corrected chi connectivity index (χ2v) is 8.65. The lowest BCUT2D eigenvalue weighted by Gasteiger charge is -2.23. The van der Waals surface area contributed by atoms with Crippen LogP contribution in [-0.4, -0.2) is 48.8 Å². The summed E-state index contributed by atoms with van der Waals surface area (Å²) in [5, 5.41) is 0. The first-order chi connectivity index (χ1) is 11.8. The Balaban J connectivity index is 1.27. The maximum atomic E-state index is 6.35. The van der Waals surface area contributed by atoms with Crippen molar-refractivity contribution in [2.45, 2.75) is 126 Å². The summed E-state index contributed by atoms with van der Waals surface area (Å²) in [5.74, 6) is 0. The smallest absolute Gasteiger partial charge is 0.0841 e. The number of hydrogen-bond acceptors (Lipinski definition) is 4. The first-order valence-corrected chi connectivity index (χ1v) is 10.5. The molecule has 5 heterocycles. The lowest BCUT2D eigenvalue weighted by Crippen LogP contribution is -2.29. The highest BCUT2D eigenvalue weighted by Gasteiger charge is 2.40. The van der Waals surface area contributed by atoms with E-state index in [2.05, 4.69) is 0 Å². The largest absolute Gasteiger partial charge is 0.372 e. The highest BCUT2D eigenvalue weighted by molar-refractivity contribution is 4.89. The van der Waals surface area contributed by atoms with E-state index in [1.807, 2.05) is 0 Å². The second kappa shape index (κ2) is 6.86. The monoisotopic (exact) mass is 336 g/mol. The third kappa shape index (κ3) is 3.27. The van der Waals surface area contributed by atoms with Crippen LogP contribution in [0.25, 0.3) is 0 Å². The molecular formula is C20H32O4. The van der Waals surface area contributed by atoms with Crippen molar-refractivity contribution in [1.29, 1.82) is 0 Å². The van der Waals surface area contributed by atoms with Gasteiger partial charge in [0.25, 0.3) is 0 Å². The Morgan fingerprint density at radius 1 is 0.292 bits per heavy atom. The van der Waals surface area contributed by atoms with Crippen LogP contribution in [0.2, 0.25) is 0 Å². The Bertz CT molecular complexity index is 361. The van der Waals surface area contributed by atoms with Crippen molar-refractivity contribution in [3.8, 4) is 0 Å². The summed E-state index contributed by atoms with van der Waals surface area (Å²) in [6.07, 6.45) is 17.3. The van der Waals surface area contributed by atoms with Gasteiger partial charge in [0.15, 0.2) is 0 Å². The van der Waals surface area contributed by atoms with Gasteiger partial charge in [-0.05, 0) is 77.0 Å². The molecule has 0 aromatic rings. The average molecular weight is 336 g/mol. The summed E-state index contributed by atoms with van der Waals surface area (Å²) < 4.78 is 25.4. The van der Waals surface area contributed by atoms with E-state index in [-0.39, 0.29) is 0 Å². The van der Waals surface area contributed by atoms with Crippen LogP contribution in [-0.2, 0) is 18.9 Å². The SMILES string of the molecule is C1CC2CCC(O2)C2CCC(CCC3CCC(O3)C3CCC1O3)O2. The molecule has 5 aliphatic rings. The van der Waals surface area contributed by atoms with E-state index in [4.69, 9.17) is 18.9 Å². The zero-order chi connectivity index (χ0) is 15.9. The predicted molar refractivity (Wildman–Crippen MR) is 90.0 cm³/mol. The number of rotatable bonds is 0. The van der Waals surface area contributed by atoms with E-state index in [0.717, 1.165) is 25.7 Å². The van der Waals surface area contributed by atoms with Crippen LogP contribution in [0.4, 0.5) is 0 Å². The van der Waals surface area contributed by atoms with E-state index < -0.39 is 0 Å². The second-order valence-electron chi connectivity index (χ2n) is 8.65. The van der Waals surface area contributed by atoms with E-state index in [9.17, 15) is 0 Å². The van der Waals surface area contributed by atoms with Crippen LogP contribution in [0.5, 0.6) is 0 Å². The molecule has 5 saturated heterocycles. The molecule has 136 valence electrons. The minimum atomic E-state index is 0.345. The average Bonchev–Trinajstić information content (AvgIpc) is 3.37. The maximum absolute atomic E-state index is 6.35. The quantitative estimate of drug-likeness (QED) is 0.675. The molecule has 0 aliphatic carbocycles. The van der Waals surface area contributed by atoms with Gasteiger partial charge in [0.05, 0.1) is 48.8 Å². The van der Waals surface area contributed by atoms with Crippen LogP contribution in [0.15, 0.2) is 0 Å². The standard InChI is InChI=1S/C20H32O4/c1-2-14-6-10-19(22-14)20-12-8-16(24-20)4-3-15-7-11-18(23-15)17-9-5-13(1)21-17/h13-20H,1-12H2. The zero-order valence-corrected chi connectivity index (χ0v) is 14.7. The van der Waals surface area contributed by atoms with Crippen molar-refractivity contribution in [3.63, 3.8) is 0 Å². The minimum Gasteiger partial charge on any atom is -0.372 e. The highest BCUT2D eigenvalue weighted by atomic mass is 16.6. The summed E-state index contributed by atoms with van der Waals surface area (Å²) in [4.78, 5) is 0. The fourth-order valence-corrected chi connectivity index (χ4v) is 5.62. The Morgan fingerprint density at radius 3 is 0.750 bits per heavy atom. The molecule has 0 radical (unpaired) electrons. The zero-order valence-electron chi connectivity index (χ0n) is 14.7. The fraction of sp³-hybridized carbons (Fsp3) is 1.00. The molecule has 5 fully saturated rings. The molecule has 0 saturated carbocycles. The normalized spacial score (nSPS) is 52.0. The van der Waals surface area contributed by atoms with Crippen LogP contribution in [0.1, 0.15) is 77.0 Å². The molecule has 5 aliphatic heterocycles. The molecule has 4 heteroatoms. The number of fused-ring (bicyclic) bond motifs is 10. The molecule has 0 spiro atoms. The Kier molecular flexibility index (Phi) is 4.59. The Labute approximate surface area is 145 Å². The van der Waals surface area contributed by atoms with Gasteiger partial charge >= 0.3 is 0 Å². The van der Waals surface area contributed by atoms with Gasteiger partial charge < -0.3 is 18.9 Å². The molecule has 0 amide bonds. The van der Waals surface area contributed by atoms with Crippen molar-refractivity contribution in [2.24, 2.45) is 0 Å². The van der Waals surface area contributed by atoms with Gasteiger partial charge in [-0.2, -0.15) is 0 Å². The van der Waals surface area contributed by atoms with Crippen LogP contribution in [0.3, 0.4) is 0 Å². The molecule has 0 aromatic heterocycles.